The second-order valence-electron chi connectivity index (χ2n) is 5.45. The standard InChI is InChI=1S/C15H21BrN2O/c1-10(7-12-3-5-14(16)6-4-12)18-15(19)11(2)13-8-17-9-13/h3-6,10-11,13,17H,7-9H2,1-2H3,(H,18,19). The summed E-state index contributed by atoms with van der Waals surface area (Å²) in [5, 5.41) is 6.32. The molecule has 2 unspecified atom stereocenters. The van der Waals surface area contributed by atoms with Gasteiger partial charge in [0.1, 0.15) is 0 Å². The molecule has 1 saturated heterocycles. The third-order valence-corrected chi connectivity index (χ3v) is 4.31. The second-order valence-corrected chi connectivity index (χ2v) is 6.36. The van der Waals surface area contributed by atoms with E-state index in [4.69, 9.17) is 0 Å². The number of hydrogen-bond acceptors (Lipinski definition) is 2. The summed E-state index contributed by atoms with van der Waals surface area (Å²) in [5.41, 5.74) is 1.24. The van der Waals surface area contributed by atoms with Crippen LogP contribution in [-0.2, 0) is 11.2 Å². The van der Waals surface area contributed by atoms with E-state index in [9.17, 15) is 4.79 Å². The van der Waals surface area contributed by atoms with Gasteiger partial charge in [0.2, 0.25) is 5.91 Å². The van der Waals surface area contributed by atoms with Crippen molar-refractivity contribution in [1.82, 2.24) is 10.6 Å². The highest BCUT2D eigenvalue weighted by Crippen LogP contribution is 2.16. The molecule has 0 radical (unpaired) electrons. The van der Waals surface area contributed by atoms with Crippen LogP contribution in [0.5, 0.6) is 0 Å². The second kappa shape index (κ2) is 6.53. The van der Waals surface area contributed by atoms with Crippen molar-refractivity contribution in [2.24, 2.45) is 11.8 Å². The van der Waals surface area contributed by atoms with Crippen LogP contribution in [-0.4, -0.2) is 25.0 Å². The average molecular weight is 325 g/mol. The highest BCUT2D eigenvalue weighted by atomic mass is 79.9. The minimum absolute atomic E-state index is 0.105. The third-order valence-electron chi connectivity index (χ3n) is 3.78. The molecule has 1 aromatic carbocycles. The molecule has 4 heteroatoms. The van der Waals surface area contributed by atoms with E-state index >= 15 is 0 Å². The molecule has 1 heterocycles. The number of amides is 1. The lowest BCUT2D eigenvalue weighted by molar-refractivity contribution is -0.127. The number of benzene rings is 1. The molecule has 1 amide bonds. The van der Waals surface area contributed by atoms with Gasteiger partial charge in [0.25, 0.3) is 0 Å². The molecule has 2 N–H and O–H groups in total. The van der Waals surface area contributed by atoms with Crippen LogP contribution in [0.1, 0.15) is 19.4 Å². The van der Waals surface area contributed by atoms with E-state index in [1.165, 1.54) is 5.56 Å². The Morgan fingerprint density at radius 2 is 2.00 bits per heavy atom. The Bertz CT molecular complexity index is 428. The molecule has 0 bridgehead atoms. The Morgan fingerprint density at radius 3 is 2.53 bits per heavy atom. The minimum atomic E-state index is 0.105. The quantitative estimate of drug-likeness (QED) is 0.873. The predicted molar refractivity (Wildman–Crippen MR) is 81.0 cm³/mol. The van der Waals surface area contributed by atoms with Crippen LogP contribution in [0.2, 0.25) is 0 Å². The monoisotopic (exact) mass is 324 g/mol. The molecule has 3 nitrogen and oxygen atoms in total. The summed E-state index contributed by atoms with van der Waals surface area (Å²) in [6.07, 6.45) is 0.870. The van der Waals surface area contributed by atoms with Gasteiger partial charge >= 0.3 is 0 Å². The Kier molecular flexibility index (Phi) is 4.99. The molecule has 19 heavy (non-hydrogen) atoms. The van der Waals surface area contributed by atoms with Gasteiger partial charge in [-0.1, -0.05) is 35.0 Å². The SMILES string of the molecule is CC(Cc1ccc(Br)cc1)NC(=O)C(C)C1CNC1. The van der Waals surface area contributed by atoms with Crippen molar-refractivity contribution < 1.29 is 4.79 Å². The van der Waals surface area contributed by atoms with Gasteiger partial charge < -0.3 is 10.6 Å². The number of carbonyl (C=O) groups is 1. The summed E-state index contributed by atoms with van der Waals surface area (Å²) in [4.78, 5) is 12.1. The summed E-state index contributed by atoms with van der Waals surface area (Å²) in [6, 6.07) is 8.42. The molecule has 0 saturated carbocycles. The zero-order valence-electron chi connectivity index (χ0n) is 11.4. The van der Waals surface area contributed by atoms with Crippen molar-refractivity contribution in [3.8, 4) is 0 Å². The summed E-state index contributed by atoms with van der Waals surface area (Å²) < 4.78 is 1.08. The van der Waals surface area contributed by atoms with E-state index in [0.29, 0.717) is 5.92 Å². The van der Waals surface area contributed by atoms with Crippen LogP contribution in [0.4, 0.5) is 0 Å². The summed E-state index contributed by atoms with van der Waals surface area (Å²) in [6.45, 7) is 6.02. The zero-order valence-corrected chi connectivity index (χ0v) is 13.0. The van der Waals surface area contributed by atoms with Crippen LogP contribution >= 0.6 is 15.9 Å². The fraction of sp³-hybridized carbons (Fsp3) is 0.533. The van der Waals surface area contributed by atoms with Gasteiger partial charge in [0, 0.05) is 16.4 Å². The van der Waals surface area contributed by atoms with Crippen molar-refractivity contribution in [1.29, 1.82) is 0 Å². The Morgan fingerprint density at radius 1 is 1.37 bits per heavy atom. The summed E-state index contributed by atoms with van der Waals surface area (Å²) in [7, 11) is 0. The first kappa shape index (κ1) is 14.5. The molecule has 1 aromatic rings. The fourth-order valence-electron chi connectivity index (χ4n) is 2.28. The summed E-state index contributed by atoms with van der Waals surface area (Å²) in [5.74, 6) is 0.782. The van der Waals surface area contributed by atoms with E-state index in [1.54, 1.807) is 0 Å². The molecule has 1 fully saturated rings. The van der Waals surface area contributed by atoms with Gasteiger partial charge in [-0.05, 0) is 50.0 Å². The normalized spacial score (nSPS) is 18.5. The first-order valence-electron chi connectivity index (χ1n) is 6.82. The van der Waals surface area contributed by atoms with E-state index in [0.717, 1.165) is 24.0 Å². The molecule has 0 aromatic heterocycles. The van der Waals surface area contributed by atoms with Crippen LogP contribution in [0.15, 0.2) is 28.7 Å². The first-order valence-corrected chi connectivity index (χ1v) is 7.61. The number of halogens is 1. The number of rotatable bonds is 5. The van der Waals surface area contributed by atoms with Gasteiger partial charge in [-0.3, -0.25) is 4.79 Å². The molecular weight excluding hydrogens is 304 g/mol. The van der Waals surface area contributed by atoms with Gasteiger partial charge in [-0.15, -0.1) is 0 Å². The van der Waals surface area contributed by atoms with E-state index in [-0.39, 0.29) is 17.9 Å². The lowest BCUT2D eigenvalue weighted by Crippen LogP contribution is -2.50. The lowest BCUT2D eigenvalue weighted by Gasteiger charge is -2.32. The maximum absolute atomic E-state index is 12.1. The molecule has 0 spiro atoms. The maximum Gasteiger partial charge on any atom is 0.223 e. The number of carbonyl (C=O) groups excluding carboxylic acids is 1. The third kappa shape index (κ3) is 4.05. The maximum atomic E-state index is 12.1. The van der Waals surface area contributed by atoms with Crippen molar-refractivity contribution in [2.75, 3.05) is 13.1 Å². The van der Waals surface area contributed by atoms with Gasteiger partial charge in [-0.2, -0.15) is 0 Å². The van der Waals surface area contributed by atoms with Crippen molar-refractivity contribution in [3.05, 3.63) is 34.3 Å². The molecule has 1 aliphatic rings. The molecule has 2 atom stereocenters. The fourth-order valence-corrected chi connectivity index (χ4v) is 2.54. The average Bonchev–Trinajstić information content (AvgIpc) is 2.29. The largest absolute Gasteiger partial charge is 0.353 e. The topological polar surface area (TPSA) is 41.1 Å². The van der Waals surface area contributed by atoms with Crippen LogP contribution in [0, 0.1) is 11.8 Å². The van der Waals surface area contributed by atoms with Gasteiger partial charge in [0.05, 0.1) is 0 Å². The molecule has 104 valence electrons. The molecular formula is C15H21BrN2O. The highest BCUT2D eigenvalue weighted by Gasteiger charge is 2.29. The van der Waals surface area contributed by atoms with Crippen molar-refractivity contribution in [3.63, 3.8) is 0 Å². The number of nitrogens with one attached hydrogen (secondary N) is 2. The smallest absolute Gasteiger partial charge is 0.223 e. The van der Waals surface area contributed by atoms with Crippen LogP contribution < -0.4 is 10.6 Å². The number of hydrogen-bond donors (Lipinski definition) is 2. The lowest BCUT2D eigenvalue weighted by atomic mass is 9.88. The highest BCUT2D eigenvalue weighted by molar-refractivity contribution is 9.10. The van der Waals surface area contributed by atoms with E-state index in [2.05, 4.69) is 45.6 Å². The predicted octanol–water partition coefficient (Wildman–Crippen LogP) is 2.35. The van der Waals surface area contributed by atoms with E-state index < -0.39 is 0 Å². The zero-order chi connectivity index (χ0) is 13.8. The van der Waals surface area contributed by atoms with Crippen LogP contribution in [0.25, 0.3) is 0 Å². The Hall–Kier alpha value is -0.870. The van der Waals surface area contributed by atoms with Crippen LogP contribution in [0.3, 0.4) is 0 Å². The Balaban J connectivity index is 1.81. The molecule has 1 aliphatic heterocycles. The Labute approximate surface area is 123 Å². The minimum Gasteiger partial charge on any atom is -0.353 e. The van der Waals surface area contributed by atoms with Crippen molar-refractivity contribution in [2.45, 2.75) is 26.3 Å². The molecule has 2 rings (SSSR count). The van der Waals surface area contributed by atoms with Crippen molar-refractivity contribution >= 4 is 21.8 Å². The summed E-state index contributed by atoms with van der Waals surface area (Å²) >= 11 is 3.43. The molecule has 0 aliphatic carbocycles. The first-order chi connectivity index (χ1) is 9.06. The van der Waals surface area contributed by atoms with E-state index in [1.807, 2.05) is 19.1 Å². The van der Waals surface area contributed by atoms with Gasteiger partial charge in [-0.25, -0.2) is 0 Å². The van der Waals surface area contributed by atoms with Gasteiger partial charge in [0.15, 0.2) is 0 Å².